The van der Waals surface area contributed by atoms with E-state index in [0.717, 1.165) is 11.1 Å². The molecule has 2 N–H and O–H groups in total. The first-order valence-electron chi connectivity index (χ1n) is 9.51. The highest BCUT2D eigenvalue weighted by molar-refractivity contribution is 5.94. The van der Waals surface area contributed by atoms with Gasteiger partial charge in [-0.25, -0.2) is 4.79 Å². The summed E-state index contributed by atoms with van der Waals surface area (Å²) in [4.78, 5) is 24.5. The van der Waals surface area contributed by atoms with Crippen molar-refractivity contribution in [3.63, 3.8) is 0 Å². The van der Waals surface area contributed by atoms with Gasteiger partial charge in [0.15, 0.2) is 18.1 Å². The van der Waals surface area contributed by atoms with Crippen LogP contribution in [-0.4, -0.2) is 36.8 Å². The molecular formula is C22H25NO6. The highest BCUT2D eigenvalue weighted by Crippen LogP contribution is 2.34. The molecule has 7 heteroatoms. The van der Waals surface area contributed by atoms with Gasteiger partial charge in [0.05, 0.1) is 6.04 Å². The number of phenols is 1. The first kappa shape index (κ1) is 20.5. The van der Waals surface area contributed by atoms with Gasteiger partial charge in [0, 0.05) is 0 Å². The number of aryl methyl sites for hydroxylation is 1. The lowest BCUT2D eigenvalue weighted by atomic mass is 9.95. The molecule has 0 unspecified atom stereocenters. The van der Waals surface area contributed by atoms with Crippen LogP contribution in [0.2, 0.25) is 0 Å². The van der Waals surface area contributed by atoms with Crippen molar-refractivity contribution >= 4 is 11.9 Å². The summed E-state index contributed by atoms with van der Waals surface area (Å²) in [6, 6.07) is 9.90. The minimum Gasteiger partial charge on any atom is -0.507 e. The van der Waals surface area contributed by atoms with Gasteiger partial charge in [0.25, 0.3) is 5.91 Å². The normalized spacial score (nSPS) is 13.7. The van der Waals surface area contributed by atoms with Crippen molar-refractivity contribution < 1.29 is 28.9 Å². The van der Waals surface area contributed by atoms with E-state index in [2.05, 4.69) is 5.32 Å². The average Bonchev–Trinajstić information content (AvgIpc) is 2.69. The Balaban J connectivity index is 1.63. The smallest absolute Gasteiger partial charge is 0.342 e. The van der Waals surface area contributed by atoms with Gasteiger partial charge >= 0.3 is 5.97 Å². The van der Waals surface area contributed by atoms with Crippen LogP contribution in [0, 0.1) is 12.8 Å². The molecule has 2 aromatic rings. The van der Waals surface area contributed by atoms with Gasteiger partial charge < -0.3 is 24.6 Å². The summed E-state index contributed by atoms with van der Waals surface area (Å²) in [5, 5.41) is 12.8. The third kappa shape index (κ3) is 4.99. The number of hydrogen-bond donors (Lipinski definition) is 2. The fourth-order valence-electron chi connectivity index (χ4n) is 3.13. The summed E-state index contributed by atoms with van der Waals surface area (Å²) in [6.45, 7) is 6.32. The number of carbonyl (C=O) groups excluding carboxylic acids is 2. The largest absolute Gasteiger partial charge is 0.507 e. The topological polar surface area (TPSA) is 94.1 Å². The van der Waals surface area contributed by atoms with Gasteiger partial charge in [0.1, 0.15) is 24.5 Å². The van der Waals surface area contributed by atoms with Crippen LogP contribution >= 0.6 is 0 Å². The first-order valence-corrected chi connectivity index (χ1v) is 9.51. The Hall–Kier alpha value is -3.22. The minimum atomic E-state index is -0.752. The van der Waals surface area contributed by atoms with Gasteiger partial charge in [-0.1, -0.05) is 26.0 Å². The first-order chi connectivity index (χ1) is 13.8. The maximum atomic E-state index is 12.4. The van der Waals surface area contributed by atoms with Crippen LogP contribution in [0.4, 0.5) is 0 Å². The number of hydrogen-bond acceptors (Lipinski definition) is 6. The lowest BCUT2D eigenvalue weighted by Gasteiger charge is -2.25. The van der Waals surface area contributed by atoms with Crippen molar-refractivity contribution in [1.29, 1.82) is 0 Å². The Bertz CT molecular complexity index is 908. The van der Waals surface area contributed by atoms with E-state index in [0.29, 0.717) is 24.7 Å². The third-order valence-corrected chi connectivity index (χ3v) is 4.62. The summed E-state index contributed by atoms with van der Waals surface area (Å²) < 4.78 is 16.2. The molecule has 1 amide bonds. The van der Waals surface area contributed by atoms with Crippen LogP contribution in [-0.2, 0) is 9.53 Å². The zero-order valence-electron chi connectivity index (χ0n) is 16.7. The van der Waals surface area contributed by atoms with Crippen molar-refractivity contribution in [3.8, 4) is 17.2 Å². The predicted octanol–water partition coefficient (Wildman–Crippen LogP) is 3.14. The molecule has 3 rings (SSSR count). The summed E-state index contributed by atoms with van der Waals surface area (Å²) >= 11 is 0. The fraction of sp³-hybridized carbons (Fsp3) is 0.364. The quantitative estimate of drug-likeness (QED) is 0.725. The number of ether oxygens (including phenoxy) is 3. The van der Waals surface area contributed by atoms with Crippen molar-refractivity contribution in [2.75, 3.05) is 19.8 Å². The molecule has 2 aromatic carbocycles. The molecule has 0 aromatic heterocycles. The summed E-state index contributed by atoms with van der Waals surface area (Å²) in [5.74, 6) is 0.0669. The zero-order valence-corrected chi connectivity index (χ0v) is 16.7. The molecule has 7 nitrogen and oxygen atoms in total. The number of amides is 1. The third-order valence-electron chi connectivity index (χ3n) is 4.62. The average molecular weight is 399 g/mol. The Morgan fingerprint density at radius 3 is 2.52 bits per heavy atom. The van der Waals surface area contributed by atoms with Crippen molar-refractivity contribution in [3.05, 3.63) is 53.1 Å². The van der Waals surface area contributed by atoms with Crippen LogP contribution in [0.3, 0.4) is 0 Å². The molecule has 0 saturated carbocycles. The van der Waals surface area contributed by atoms with Gasteiger partial charge in [-0.3, -0.25) is 4.79 Å². The van der Waals surface area contributed by atoms with Crippen LogP contribution in [0.25, 0.3) is 0 Å². The Morgan fingerprint density at radius 2 is 1.83 bits per heavy atom. The molecule has 0 radical (unpaired) electrons. The second-order valence-electron chi connectivity index (χ2n) is 7.29. The number of rotatable bonds is 6. The van der Waals surface area contributed by atoms with E-state index in [4.69, 9.17) is 14.2 Å². The zero-order chi connectivity index (χ0) is 21.0. The number of nitrogens with one attached hydrogen (secondary N) is 1. The van der Waals surface area contributed by atoms with Gasteiger partial charge in [-0.2, -0.15) is 0 Å². The molecule has 1 aliphatic heterocycles. The van der Waals surface area contributed by atoms with Gasteiger partial charge in [-0.15, -0.1) is 0 Å². The van der Waals surface area contributed by atoms with Crippen molar-refractivity contribution in [2.45, 2.75) is 26.8 Å². The number of fused-ring (bicyclic) bond motifs is 1. The standard InChI is InChI=1S/C22H25NO6/c1-13(2)21(15-5-7-18-19(11-15)28-9-8-27-18)23-20(25)12-29-22(26)16-6-4-14(3)10-17(16)24/h4-7,10-11,13,21,24H,8-9,12H2,1-3H3,(H,23,25)/t21-/m1/s1. The lowest BCUT2D eigenvalue weighted by Crippen LogP contribution is -2.35. The van der Waals surface area contributed by atoms with Gasteiger partial charge in [0.2, 0.25) is 0 Å². The Kier molecular flexibility index (Phi) is 6.26. The summed E-state index contributed by atoms with van der Waals surface area (Å²) in [6.07, 6.45) is 0. The van der Waals surface area contributed by atoms with E-state index >= 15 is 0 Å². The number of phenolic OH excluding ortho intramolecular Hbond substituents is 1. The van der Waals surface area contributed by atoms with E-state index < -0.39 is 18.5 Å². The SMILES string of the molecule is Cc1ccc(C(=O)OCC(=O)N[C@@H](c2ccc3c(c2)OCCO3)C(C)C)c(O)c1. The molecule has 154 valence electrons. The summed E-state index contributed by atoms with van der Waals surface area (Å²) in [5.41, 5.74) is 1.71. The highest BCUT2D eigenvalue weighted by atomic mass is 16.6. The lowest BCUT2D eigenvalue weighted by molar-refractivity contribution is -0.125. The molecule has 1 aliphatic rings. The maximum Gasteiger partial charge on any atom is 0.342 e. The predicted molar refractivity (Wildman–Crippen MR) is 106 cm³/mol. The maximum absolute atomic E-state index is 12.4. The molecule has 0 saturated heterocycles. The molecule has 0 aliphatic carbocycles. The monoisotopic (exact) mass is 399 g/mol. The fourth-order valence-corrected chi connectivity index (χ4v) is 3.13. The van der Waals surface area contributed by atoms with E-state index in [1.165, 1.54) is 12.1 Å². The van der Waals surface area contributed by atoms with Gasteiger partial charge in [-0.05, 0) is 48.2 Å². The Morgan fingerprint density at radius 1 is 1.10 bits per heavy atom. The van der Waals surface area contributed by atoms with Crippen LogP contribution in [0.1, 0.15) is 41.4 Å². The van der Waals surface area contributed by atoms with Crippen molar-refractivity contribution in [2.24, 2.45) is 5.92 Å². The second-order valence-corrected chi connectivity index (χ2v) is 7.29. The molecule has 1 heterocycles. The second kappa shape index (κ2) is 8.86. The number of carbonyl (C=O) groups is 2. The van der Waals surface area contributed by atoms with E-state index in [1.807, 2.05) is 32.0 Å². The number of aromatic hydroxyl groups is 1. The summed E-state index contributed by atoms with van der Waals surface area (Å²) in [7, 11) is 0. The van der Waals surface area contributed by atoms with E-state index in [-0.39, 0.29) is 23.3 Å². The highest BCUT2D eigenvalue weighted by Gasteiger charge is 2.22. The number of esters is 1. The molecule has 0 fully saturated rings. The molecule has 1 atom stereocenters. The molecule has 0 bridgehead atoms. The van der Waals surface area contributed by atoms with Crippen LogP contribution < -0.4 is 14.8 Å². The van der Waals surface area contributed by atoms with Crippen molar-refractivity contribution in [1.82, 2.24) is 5.32 Å². The Labute approximate surface area is 169 Å². The molecule has 0 spiro atoms. The number of benzene rings is 2. The van der Waals surface area contributed by atoms with Crippen LogP contribution in [0.15, 0.2) is 36.4 Å². The molecular weight excluding hydrogens is 374 g/mol. The minimum absolute atomic E-state index is 0.0237. The molecule has 29 heavy (non-hydrogen) atoms. The van der Waals surface area contributed by atoms with Crippen LogP contribution in [0.5, 0.6) is 17.2 Å². The van der Waals surface area contributed by atoms with E-state index in [9.17, 15) is 14.7 Å². The van der Waals surface area contributed by atoms with E-state index in [1.54, 1.807) is 13.0 Å².